The highest BCUT2D eigenvalue weighted by Gasteiger charge is 2.19. The molecule has 0 aliphatic rings. The summed E-state index contributed by atoms with van der Waals surface area (Å²) < 4.78 is 33.0. The van der Waals surface area contributed by atoms with Gasteiger partial charge < -0.3 is 10.1 Å². The third-order valence-electron chi connectivity index (χ3n) is 3.95. The van der Waals surface area contributed by atoms with Gasteiger partial charge in [-0.05, 0) is 50.1 Å². The Morgan fingerprint density at radius 2 is 1.81 bits per heavy atom. The molecule has 0 saturated carbocycles. The summed E-state index contributed by atoms with van der Waals surface area (Å²) >= 11 is 0. The molecule has 2 N–H and O–H groups in total. The average molecular weight is 376 g/mol. The Kier molecular flexibility index (Phi) is 6.39. The molecule has 2 aromatic rings. The molecule has 0 fully saturated rings. The lowest BCUT2D eigenvalue weighted by Crippen LogP contribution is -2.36. The predicted octanol–water partition coefficient (Wildman–Crippen LogP) is 2.87. The number of carbonyl (C=O) groups excluding carboxylic acids is 1. The van der Waals surface area contributed by atoms with Crippen LogP contribution >= 0.6 is 0 Å². The predicted molar refractivity (Wildman–Crippen MR) is 102 cm³/mol. The lowest BCUT2D eigenvalue weighted by Gasteiger charge is -2.15. The van der Waals surface area contributed by atoms with E-state index in [2.05, 4.69) is 10.0 Å². The maximum Gasteiger partial charge on any atom is 0.261 e. The van der Waals surface area contributed by atoms with E-state index in [1.165, 1.54) is 12.1 Å². The number of hydrogen-bond acceptors (Lipinski definition) is 4. The van der Waals surface area contributed by atoms with Gasteiger partial charge in [0, 0.05) is 18.7 Å². The van der Waals surface area contributed by atoms with Crippen LogP contribution in [-0.2, 0) is 14.8 Å². The molecule has 140 valence electrons. The summed E-state index contributed by atoms with van der Waals surface area (Å²) in [6.07, 6.45) is 0. The fraction of sp³-hybridized carbons (Fsp3) is 0.316. The lowest BCUT2D eigenvalue weighted by molar-refractivity contribution is 0.0904. The van der Waals surface area contributed by atoms with Crippen molar-refractivity contribution in [3.05, 3.63) is 59.2 Å². The number of carbonyl (C=O) groups is 1. The van der Waals surface area contributed by atoms with E-state index in [4.69, 9.17) is 4.74 Å². The molecule has 7 heteroatoms. The topological polar surface area (TPSA) is 84.5 Å². The van der Waals surface area contributed by atoms with Crippen LogP contribution in [0, 0.1) is 13.8 Å². The standard InChI is InChI=1S/C19H24N2O4S/c1-13-9-10-16(11-17(13)19(22)20-15(3)12-25-4)26(23,24)21-18-8-6-5-7-14(18)2/h5-11,15,21H,12H2,1-4H3,(H,20,22). The van der Waals surface area contributed by atoms with Crippen LogP contribution in [0.2, 0.25) is 0 Å². The highest BCUT2D eigenvalue weighted by atomic mass is 32.2. The number of hydrogen-bond donors (Lipinski definition) is 2. The van der Waals surface area contributed by atoms with Crippen LogP contribution in [0.15, 0.2) is 47.4 Å². The van der Waals surface area contributed by atoms with Crippen molar-refractivity contribution >= 4 is 21.6 Å². The number of ether oxygens (including phenoxy) is 1. The van der Waals surface area contributed by atoms with E-state index in [9.17, 15) is 13.2 Å². The number of methoxy groups -OCH3 is 1. The molecule has 0 saturated heterocycles. The Balaban J connectivity index is 2.30. The smallest absolute Gasteiger partial charge is 0.261 e. The zero-order valence-corrected chi connectivity index (χ0v) is 16.2. The molecule has 0 aromatic heterocycles. The molecular formula is C19H24N2O4S. The van der Waals surface area contributed by atoms with Gasteiger partial charge in [-0.3, -0.25) is 9.52 Å². The van der Waals surface area contributed by atoms with Gasteiger partial charge in [0.25, 0.3) is 15.9 Å². The van der Waals surface area contributed by atoms with Gasteiger partial charge in [-0.2, -0.15) is 0 Å². The van der Waals surface area contributed by atoms with E-state index in [0.29, 0.717) is 23.4 Å². The Morgan fingerprint density at radius 3 is 2.46 bits per heavy atom. The average Bonchev–Trinajstić information content (AvgIpc) is 2.57. The monoisotopic (exact) mass is 376 g/mol. The molecule has 0 radical (unpaired) electrons. The minimum absolute atomic E-state index is 0.0379. The Morgan fingerprint density at radius 1 is 1.12 bits per heavy atom. The van der Waals surface area contributed by atoms with Crippen molar-refractivity contribution in [1.82, 2.24) is 5.32 Å². The van der Waals surface area contributed by atoms with Gasteiger partial charge in [0.2, 0.25) is 0 Å². The summed E-state index contributed by atoms with van der Waals surface area (Å²) in [6, 6.07) is 11.4. The first-order valence-corrected chi connectivity index (χ1v) is 9.72. The first kappa shape index (κ1) is 19.9. The van der Waals surface area contributed by atoms with Crippen molar-refractivity contribution < 1.29 is 17.9 Å². The Hall–Kier alpha value is -2.38. The summed E-state index contributed by atoms with van der Waals surface area (Å²) in [5, 5.41) is 2.80. The van der Waals surface area contributed by atoms with Gasteiger partial charge in [-0.15, -0.1) is 0 Å². The quantitative estimate of drug-likeness (QED) is 0.778. The summed E-state index contributed by atoms with van der Waals surface area (Å²) in [6.45, 7) is 5.78. The summed E-state index contributed by atoms with van der Waals surface area (Å²) in [5.41, 5.74) is 2.34. The van der Waals surface area contributed by atoms with E-state index in [0.717, 1.165) is 5.56 Å². The van der Waals surface area contributed by atoms with Gasteiger partial charge in [-0.1, -0.05) is 24.3 Å². The molecule has 2 aromatic carbocycles. The van der Waals surface area contributed by atoms with Crippen LogP contribution in [-0.4, -0.2) is 34.1 Å². The van der Waals surface area contributed by atoms with Crippen LogP contribution in [0.25, 0.3) is 0 Å². The van der Waals surface area contributed by atoms with E-state index >= 15 is 0 Å². The second kappa shape index (κ2) is 8.33. The molecule has 6 nitrogen and oxygen atoms in total. The third kappa shape index (κ3) is 4.83. The van der Waals surface area contributed by atoms with Gasteiger partial charge >= 0.3 is 0 Å². The Labute approximate surface area is 154 Å². The van der Waals surface area contributed by atoms with E-state index in [1.807, 2.05) is 26.0 Å². The number of amides is 1. The van der Waals surface area contributed by atoms with Gasteiger partial charge in [0.15, 0.2) is 0 Å². The summed E-state index contributed by atoms with van der Waals surface area (Å²) in [5.74, 6) is -0.333. The lowest BCUT2D eigenvalue weighted by atomic mass is 10.1. The zero-order valence-electron chi connectivity index (χ0n) is 15.4. The van der Waals surface area contributed by atoms with Crippen molar-refractivity contribution in [3.8, 4) is 0 Å². The molecule has 0 heterocycles. The van der Waals surface area contributed by atoms with Crippen molar-refractivity contribution in [1.29, 1.82) is 0 Å². The minimum atomic E-state index is -3.80. The van der Waals surface area contributed by atoms with Crippen LogP contribution in [0.5, 0.6) is 0 Å². The first-order valence-electron chi connectivity index (χ1n) is 8.23. The van der Waals surface area contributed by atoms with Gasteiger partial charge in [0.1, 0.15) is 0 Å². The second-order valence-electron chi connectivity index (χ2n) is 6.23. The van der Waals surface area contributed by atoms with Crippen LogP contribution < -0.4 is 10.0 Å². The van der Waals surface area contributed by atoms with Crippen molar-refractivity contribution in [2.24, 2.45) is 0 Å². The van der Waals surface area contributed by atoms with Crippen molar-refractivity contribution in [3.63, 3.8) is 0 Å². The normalized spacial score (nSPS) is 12.5. The molecule has 0 aliphatic heterocycles. The zero-order chi connectivity index (χ0) is 19.3. The minimum Gasteiger partial charge on any atom is -0.383 e. The third-order valence-corrected chi connectivity index (χ3v) is 5.31. The molecular weight excluding hydrogens is 352 g/mol. The molecule has 26 heavy (non-hydrogen) atoms. The maximum absolute atomic E-state index is 12.7. The van der Waals surface area contributed by atoms with Gasteiger partial charge in [0.05, 0.1) is 17.2 Å². The van der Waals surface area contributed by atoms with Gasteiger partial charge in [-0.25, -0.2) is 8.42 Å². The van der Waals surface area contributed by atoms with E-state index in [1.54, 1.807) is 32.2 Å². The molecule has 1 amide bonds. The number of benzene rings is 2. The molecule has 0 bridgehead atoms. The van der Waals surface area contributed by atoms with Crippen molar-refractivity contribution in [2.75, 3.05) is 18.4 Å². The largest absolute Gasteiger partial charge is 0.383 e. The number of para-hydroxylation sites is 1. The van der Waals surface area contributed by atoms with Crippen LogP contribution in [0.3, 0.4) is 0 Å². The number of sulfonamides is 1. The highest BCUT2D eigenvalue weighted by molar-refractivity contribution is 7.92. The Bertz CT molecular complexity index is 894. The molecule has 0 aliphatic carbocycles. The molecule has 2 rings (SSSR count). The molecule has 1 unspecified atom stereocenters. The first-order chi connectivity index (χ1) is 12.2. The number of rotatable bonds is 7. The maximum atomic E-state index is 12.7. The fourth-order valence-corrected chi connectivity index (χ4v) is 3.65. The SMILES string of the molecule is COCC(C)NC(=O)c1cc(S(=O)(=O)Nc2ccccc2C)ccc1C. The molecule has 0 spiro atoms. The van der Waals surface area contributed by atoms with Crippen molar-refractivity contribution in [2.45, 2.75) is 31.7 Å². The van der Waals surface area contributed by atoms with Crippen LogP contribution in [0.4, 0.5) is 5.69 Å². The van der Waals surface area contributed by atoms with E-state index < -0.39 is 10.0 Å². The fourth-order valence-electron chi connectivity index (χ4n) is 2.50. The molecule has 1 atom stereocenters. The van der Waals surface area contributed by atoms with Crippen LogP contribution in [0.1, 0.15) is 28.4 Å². The highest BCUT2D eigenvalue weighted by Crippen LogP contribution is 2.21. The summed E-state index contributed by atoms with van der Waals surface area (Å²) in [4.78, 5) is 12.5. The van der Waals surface area contributed by atoms with E-state index in [-0.39, 0.29) is 16.8 Å². The summed E-state index contributed by atoms with van der Waals surface area (Å²) in [7, 11) is -2.25. The number of aryl methyl sites for hydroxylation is 2. The number of anilines is 1. The number of nitrogens with one attached hydrogen (secondary N) is 2. The second-order valence-corrected chi connectivity index (χ2v) is 7.91.